The second kappa shape index (κ2) is 14.7. The van der Waals surface area contributed by atoms with E-state index in [0.29, 0.717) is 55.8 Å². The zero-order valence-electron chi connectivity index (χ0n) is 28.3. The number of aromatic nitrogens is 3. The first-order chi connectivity index (χ1) is 23.4. The Morgan fingerprint density at radius 2 is 1.77 bits per heavy atom. The number of hydrogen-bond acceptors (Lipinski definition) is 8. The van der Waals surface area contributed by atoms with E-state index >= 15 is 0 Å². The third kappa shape index (κ3) is 7.50. The second-order valence-corrected chi connectivity index (χ2v) is 16.7. The van der Waals surface area contributed by atoms with Crippen LogP contribution in [0.1, 0.15) is 100 Å². The van der Waals surface area contributed by atoms with Gasteiger partial charge in [0, 0.05) is 29.3 Å². The summed E-state index contributed by atoms with van der Waals surface area (Å²) in [4.78, 5) is 45.4. The van der Waals surface area contributed by atoms with Crippen molar-refractivity contribution >= 4 is 17.8 Å². The Morgan fingerprint density at radius 3 is 2.46 bits per heavy atom. The summed E-state index contributed by atoms with van der Waals surface area (Å²) in [5, 5.41) is 0. The molecule has 7 rings (SSSR count). The van der Waals surface area contributed by atoms with E-state index in [4.69, 9.17) is 28.8 Å². The number of pyridine rings is 2. The summed E-state index contributed by atoms with van der Waals surface area (Å²) >= 11 is 0.0659. The molecule has 3 aliphatic carbocycles. The van der Waals surface area contributed by atoms with Gasteiger partial charge in [0.15, 0.2) is 5.89 Å². The van der Waals surface area contributed by atoms with Crippen molar-refractivity contribution in [3.8, 4) is 17.0 Å². The van der Waals surface area contributed by atoms with Crippen molar-refractivity contribution in [1.29, 1.82) is 0 Å². The zero-order valence-corrected chi connectivity index (χ0v) is 30.4. The van der Waals surface area contributed by atoms with E-state index in [0.717, 1.165) is 81.8 Å². The normalized spacial score (nSPS) is 26.1. The SMILES string of the molecule is COc1ccc(C2CCC(CN(C(=O)C3CCC(OC(=O)N4C[I-]C[C@@H]4C)CC3)c3cc(-c4coc(C5CC5)n4)ccn3)CC2)nc1C. The van der Waals surface area contributed by atoms with Crippen molar-refractivity contribution in [2.75, 3.05) is 27.5 Å². The van der Waals surface area contributed by atoms with Crippen LogP contribution in [0.25, 0.3) is 11.3 Å². The quantitative estimate of drug-likeness (QED) is 0.182. The number of carbonyl (C=O) groups excluding carboxylic acids is 2. The summed E-state index contributed by atoms with van der Waals surface area (Å²) in [5.41, 5.74) is 3.75. The van der Waals surface area contributed by atoms with E-state index in [-0.39, 0.29) is 51.3 Å². The van der Waals surface area contributed by atoms with Crippen molar-refractivity contribution in [2.24, 2.45) is 11.8 Å². The van der Waals surface area contributed by atoms with Gasteiger partial charge < -0.3 is 9.15 Å². The number of oxazole rings is 1. The van der Waals surface area contributed by atoms with Crippen molar-refractivity contribution in [1.82, 2.24) is 19.9 Å². The van der Waals surface area contributed by atoms with E-state index in [2.05, 4.69) is 13.0 Å². The maximum absolute atomic E-state index is 14.4. The summed E-state index contributed by atoms with van der Waals surface area (Å²) in [6.45, 7) is 4.74. The van der Waals surface area contributed by atoms with E-state index in [9.17, 15) is 9.59 Å². The molecule has 48 heavy (non-hydrogen) atoms. The second-order valence-electron chi connectivity index (χ2n) is 14.1. The molecule has 0 radical (unpaired) electrons. The monoisotopic (exact) mass is 768 g/mol. The minimum atomic E-state index is -0.176. The van der Waals surface area contributed by atoms with Crippen LogP contribution in [0.3, 0.4) is 0 Å². The van der Waals surface area contributed by atoms with Crippen LogP contribution >= 0.6 is 0 Å². The predicted octanol–water partition coefficient (Wildman–Crippen LogP) is 4.08. The van der Waals surface area contributed by atoms with Crippen molar-refractivity contribution < 1.29 is 44.7 Å². The molecule has 1 saturated heterocycles. The first-order valence-electron chi connectivity index (χ1n) is 17.6. The molecule has 10 nitrogen and oxygen atoms in total. The Hall–Kier alpha value is -3.22. The van der Waals surface area contributed by atoms with Gasteiger partial charge in [-0.05, 0) is 63.6 Å². The fourth-order valence-electron chi connectivity index (χ4n) is 7.46. The average Bonchev–Trinajstić information content (AvgIpc) is 3.67. The summed E-state index contributed by atoms with van der Waals surface area (Å²) in [5.74, 6) is 3.49. The molecule has 2 amide bonds. The van der Waals surface area contributed by atoms with Gasteiger partial charge in [-0.3, -0.25) is 4.98 Å². The Balaban J connectivity index is 1.04. The van der Waals surface area contributed by atoms with Gasteiger partial charge >= 0.3 is 146 Å². The van der Waals surface area contributed by atoms with Gasteiger partial charge in [0.2, 0.25) is 0 Å². The van der Waals surface area contributed by atoms with Crippen LogP contribution in [0.15, 0.2) is 41.1 Å². The average molecular weight is 769 g/mol. The Bertz CT molecular complexity index is 1590. The predicted molar refractivity (Wildman–Crippen MR) is 178 cm³/mol. The first kappa shape index (κ1) is 33.3. The number of rotatable bonds is 9. The van der Waals surface area contributed by atoms with Gasteiger partial charge in [0.25, 0.3) is 0 Å². The number of hydrogen-bond donors (Lipinski definition) is 0. The molecule has 4 heterocycles. The molecule has 4 aliphatic rings. The molecule has 258 valence electrons. The van der Waals surface area contributed by atoms with Crippen LogP contribution in [0.2, 0.25) is 0 Å². The minimum absolute atomic E-state index is 0.0659. The first-order valence-corrected chi connectivity index (χ1v) is 20.7. The van der Waals surface area contributed by atoms with Crippen molar-refractivity contribution in [3.63, 3.8) is 0 Å². The van der Waals surface area contributed by atoms with E-state index in [1.807, 2.05) is 34.9 Å². The zero-order chi connectivity index (χ0) is 33.2. The van der Waals surface area contributed by atoms with Crippen LogP contribution in [-0.4, -0.2) is 66.6 Å². The molecular weight excluding hydrogens is 721 g/mol. The number of nitrogens with zero attached hydrogens (tertiary/aromatic N) is 5. The fourth-order valence-corrected chi connectivity index (χ4v) is 10.6. The van der Waals surface area contributed by atoms with Gasteiger partial charge in [0.1, 0.15) is 17.7 Å². The molecule has 3 saturated carbocycles. The van der Waals surface area contributed by atoms with Gasteiger partial charge in [-0.15, -0.1) is 0 Å². The number of carbonyl (C=O) groups is 2. The number of methoxy groups -OCH3 is 1. The number of amides is 2. The molecule has 4 fully saturated rings. The Morgan fingerprint density at radius 1 is 1.00 bits per heavy atom. The Labute approximate surface area is 293 Å². The van der Waals surface area contributed by atoms with Gasteiger partial charge in [-0.25, -0.2) is 4.98 Å². The topological polar surface area (TPSA) is 111 Å². The van der Waals surface area contributed by atoms with E-state index in [1.165, 1.54) is 0 Å². The van der Waals surface area contributed by atoms with Gasteiger partial charge in [0.05, 0.1) is 12.8 Å². The molecule has 3 aromatic rings. The molecule has 1 atom stereocenters. The number of aryl methyl sites for hydroxylation is 1. The van der Waals surface area contributed by atoms with Crippen LogP contribution in [-0.2, 0) is 9.53 Å². The molecule has 1 aliphatic heterocycles. The third-order valence-electron chi connectivity index (χ3n) is 10.6. The number of ether oxygens (including phenoxy) is 2. The summed E-state index contributed by atoms with van der Waals surface area (Å²) < 4.78 is 19.2. The molecular formula is C37H47IN5O5-. The molecule has 0 N–H and O–H groups in total. The van der Waals surface area contributed by atoms with Crippen molar-refractivity contribution in [2.45, 2.75) is 102 Å². The van der Waals surface area contributed by atoms with Gasteiger partial charge in [-0.2, -0.15) is 0 Å². The van der Waals surface area contributed by atoms with E-state index in [1.54, 1.807) is 19.6 Å². The standard InChI is InChI=1S/C37H47IN5O5/c1-23-19-38-22-43(23)37(45)48-30-12-10-28(11-13-30)36(44)42(34-18-29(16-17-39-34)32-21-47-35(41-32)27-8-9-27)20-25-4-6-26(7-5-25)31-14-15-33(46-3)24(2)40-31/h14-18,21,23,25-28,30H,4-13,19-20,22H2,1-3H3/q-1/t23-,25?,26?,28?,30?/m0/s1. The molecule has 0 bridgehead atoms. The van der Waals surface area contributed by atoms with E-state index < -0.39 is 0 Å². The Kier molecular flexibility index (Phi) is 10.2. The van der Waals surface area contributed by atoms with Crippen LogP contribution in [0.5, 0.6) is 5.75 Å². The number of halogens is 1. The number of anilines is 1. The third-order valence-corrected chi connectivity index (χ3v) is 13.7. The minimum Gasteiger partial charge on any atom is -0.448 e. The fraction of sp³-hybridized carbons (Fsp3) is 0.595. The maximum atomic E-state index is 14.4. The van der Waals surface area contributed by atoms with Crippen LogP contribution in [0.4, 0.5) is 10.6 Å². The molecule has 0 spiro atoms. The summed E-state index contributed by atoms with van der Waals surface area (Å²) in [6, 6.07) is 8.34. The molecule has 11 heteroatoms. The smallest absolute Gasteiger partial charge is 0.448 e. The molecule has 3 aromatic heterocycles. The van der Waals surface area contributed by atoms with Gasteiger partial charge in [-0.1, -0.05) is 0 Å². The van der Waals surface area contributed by atoms with Crippen LogP contribution < -0.4 is 30.8 Å². The summed E-state index contributed by atoms with van der Waals surface area (Å²) in [6.07, 6.45) is 12.4. The molecule has 0 unspecified atom stereocenters. The van der Waals surface area contributed by atoms with Crippen LogP contribution in [0, 0.1) is 18.8 Å². The number of alkyl halides is 2. The molecule has 0 aromatic carbocycles. The van der Waals surface area contributed by atoms with Crippen molar-refractivity contribution in [3.05, 3.63) is 54.0 Å². The summed E-state index contributed by atoms with van der Waals surface area (Å²) in [7, 11) is 1.68.